The molecular weight excluding hydrogens is 469 g/mol. The predicted octanol–water partition coefficient (Wildman–Crippen LogP) is 2.95. The molecular formula is C25H26FN5O5. The molecule has 0 radical (unpaired) electrons. The summed E-state index contributed by atoms with van der Waals surface area (Å²) in [7, 11) is 2.87. The van der Waals surface area contributed by atoms with Crippen LogP contribution in [-0.4, -0.2) is 59.3 Å². The monoisotopic (exact) mass is 495 g/mol. The van der Waals surface area contributed by atoms with E-state index in [1.54, 1.807) is 24.4 Å². The molecule has 0 aliphatic carbocycles. The van der Waals surface area contributed by atoms with Gasteiger partial charge in [0.1, 0.15) is 17.7 Å². The number of benzene rings is 1. The number of aryl methyl sites for hydroxylation is 1. The quantitative estimate of drug-likeness (QED) is 0.544. The fourth-order valence-corrected chi connectivity index (χ4v) is 3.97. The molecule has 0 bridgehead atoms. The van der Waals surface area contributed by atoms with E-state index in [1.165, 1.54) is 48.1 Å². The summed E-state index contributed by atoms with van der Waals surface area (Å²) in [5.41, 5.74) is 0.676. The van der Waals surface area contributed by atoms with Crippen molar-refractivity contribution >= 4 is 23.4 Å². The third-order valence-electron chi connectivity index (χ3n) is 5.93. The SMILES string of the molecule is COc1cccn(-c2ccc(NC(=O)[C@H]3C[C@@H](OC)CN3C(=O)Nc3ccc(C)cn3)c(F)c2)c1=O. The van der Waals surface area contributed by atoms with Gasteiger partial charge in [0.2, 0.25) is 5.91 Å². The smallest absolute Gasteiger partial charge is 0.323 e. The zero-order valence-corrected chi connectivity index (χ0v) is 20.0. The Morgan fingerprint density at radius 3 is 2.61 bits per heavy atom. The summed E-state index contributed by atoms with van der Waals surface area (Å²) in [6, 6.07) is 9.17. The fraction of sp³-hybridized carbons (Fsp3) is 0.280. The minimum absolute atomic E-state index is 0.0823. The van der Waals surface area contributed by atoms with Crippen molar-refractivity contribution in [3.05, 3.63) is 76.6 Å². The number of urea groups is 1. The van der Waals surface area contributed by atoms with Crippen LogP contribution >= 0.6 is 0 Å². The molecule has 188 valence electrons. The molecule has 1 aromatic carbocycles. The van der Waals surface area contributed by atoms with Gasteiger partial charge in [-0.1, -0.05) is 6.07 Å². The topological polar surface area (TPSA) is 115 Å². The van der Waals surface area contributed by atoms with Crippen LogP contribution in [-0.2, 0) is 9.53 Å². The Morgan fingerprint density at radius 2 is 1.94 bits per heavy atom. The zero-order valence-electron chi connectivity index (χ0n) is 20.0. The van der Waals surface area contributed by atoms with Gasteiger partial charge < -0.3 is 19.7 Å². The third-order valence-corrected chi connectivity index (χ3v) is 5.93. The van der Waals surface area contributed by atoms with Crippen LogP contribution < -0.4 is 20.9 Å². The van der Waals surface area contributed by atoms with Gasteiger partial charge in [-0.25, -0.2) is 14.2 Å². The number of likely N-dealkylation sites (tertiary alicyclic amines) is 1. The van der Waals surface area contributed by atoms with Crippen LogP contribution in [0.2, 0.25) is 0 Å². The van der Waals surface area contributed by atoms with Crippen LogP contribution in [0.15, 0.2) is 59.7 Å². The second-order valence-corrected chi connectivity index (χ2v) is 8.32. The average Bonchev–Trinajstić information content (AvgIpc) is 3.32. The van der Waals surface area contributed by atoms with Crippen molar-refractivity contribution in [1.29, 1.82) is 0 Å². The summed E-state index contributed by atoms with van der Waals surface area (Å²) in [6.07, 6.45) is 2.99. The van der Waals surface area contributed by atoms with Crippen LogP contribution in [0, 0.1) is 12.7 Å². The second-order valence-electron chi connectivity index (χ2n) is 8.32. The lowest BCUT2D eigenvalue weighted by atomic mass is 10.1. The third kappa shape index (κ3) is 5.20. The summed E-state index contributed by atoms with van der Waals surface area (Å²) >= 11 is 0. The Balaban J connectivity index is 1.51. The maximum atomic E-state index is 14.9. The highest BCUT2D eigenvalue weighted by Crippen LogP contribution is 2.24. The Bertz CT molecular complexity index is 1330. The van der Waals surface area contributed by atoms with E-state index in [2.05, 4.69) is 15.6 Å². The van der Waals surface area contributed by atoms with Gasteiger partial charge in [0.05, 0.1) is 24.6 Å². The number of rotatable bonds is 6. The number of hydrogen-bond donors (Lipinski definition) is 2. The Labute approximate surface area is 206 Å². The number of anilines is 2. The van der Waals surface area contributed by atoms with Gasteiger partial charge in [0.25, 0.3) is 5.56 Å². The maximum Gasteiger partial charge on any atom is 0.323 e. The minimum Gasteiger partial charge on any atom is -0.491 e. The fourth-order valence-electron chi connectivity index (χ4n) is 3.97. The number of methoxy groups -OCH3 is 2. The van der Waals surface area contributed by atoms with E-state index in [0.29, 0.717) is 5.82 Å². The van der Waals surface area contributed by atoms with Crippen molar-refractivity contribution in [3.63, 3.8) is 0 Å². The summed E-state index contributed by atoms with van der Waals surface area (Å²) in [6.45, 7) is 2.07. The zero-order chi connectivity index (χ0) is 25.8. The molecule has 2 atom stereocenters. The first kappa shape index (κ1) is 24.9. The summed E-state index contributed by atoms with van der Waals surface area (Å²) in [5.74, 6) is -0.841. The van der Waals surface area contributed by atoms with Crippen molar-refractivity contribution in [2.75, 3.05) is 31.4 Å². The van der Waals surface area contributed by atoms with Crippen molar-refractivity contribution in [1.82, 2.24) is 14.5 Å². The van der Waals surface area contributed by atoms with E-state index in [9.17, 15) is 18.8 Å². The highest BCUT2D eigenvalue weighted by atomic mass is 19.1. The summed E-state index contributed by atoms with van der Waals surface area (Å²) < 4.78 is 26.6. The lowest BCUT2D eigenvalue weighted by molar-refractivity contribution is -0.119. The Kier molecular flexibility index (Phi) is 7.30. The highest BCUT2D eigenvalue weighted by molar-refractivity contribution is 5.99. The standard InChI is InChI=1S/C25H26FN5O5/c1-15-6-9-22(27-13-15)29-25(34)31-14-17(35-2)12-20(31)23(32)28-19-8-7-16(11-18(19)26)30-10-4-5-21(36-3)24(30)33/h4-11,13,17,20H,12,14H2,1-3H3,(H,28,32)(H,27,29,34)/t17-,20-/m1/s1. The molecule has 11 heteroatoms. The molecule has 2 N–H and O–H groups in total. The highest BCUT2D eigenvalue weighted by Gasteiger charge is 2.40. The van der Waals surface area contributed by atoms with Gasteiger partial charge in [0.15, 0.2) is 5.75 Å². The molecule has 3 aromatic rings. The van der Waals surface area contributed by atoms with Crippen LogP contribution in [0.4, 0.5) is 20.7 Å². The van der Waals surface area contributed by atoms with E-state index >= 15 is 0 Å². The van der Waals surface area contributed by atoms with Crippen LogP contribution in [0.25, 0.3) is 5.69 Å². The molecule has 0 unspecified atom stereocenters. The lowest BCUT2D eigenvalue weighted by Crippen LogP contribution is -2.45. The largest absolute Gasteiger partial charge is 0.491 e. The van der Waals surface area contributed by atoms with Crippen molar-refractivity contribution < 1.29 is 23.5 Å². The minimum atomic E-state index is -0.888. The number of pyridine rings is 2. The molecule has 1 saturated heterocycles. The van der Waals surface area contributed by atoms with Crippen LogP contribution in [0.1, 0.15) is 12.0 Å². The summed E-state index contributed by atoms with van der Waals surface area (Å²) in [4.78, 5) is 43.9. The number of nitrogens with zero attached hydrogens (tertiary/aromatic N) is 3. The van der Waals surface area contributed by atoms with Gasteiger partial charge in [-0.15, -0.1) is 0 Å². The van der Waals surface area contributed by atoms with Gasteiger partial charge in [-0.3, -0.25) is 19.5 Å². The molecule has 1 fully saturated rings. The van der Waals surface area contributed by atoms with E-state index in [0.717, 1.165) is 11.6 Å². The molecule has 3 heterocycles. The molecule has 1 aliphatic heterocycles. The molecule has 0 saturated carbocycles. The lowest BCUT2D eigenvalue weighted by Gasteiger charge is -2.24. The molecule has 0 spiro atoms. The first-order valence-corrected chi connectivity index (χ1v) is 11.2. The van der Waals surface area contributed by atoms with E-state index in [-0.39, 0.29) is 36.2 Å². The molecule has 2 aromatic heterocycles. The van der Waals surface area contributed by atoms with Gasteiger partial charge >= 0.3 is 6.03 Å². The number of ether oxygens (including phenoxy) is 2. The van der Waals surface area contributed by atoms with E-state index in [4.69, 9.17) is 9.47 Å². The molecule has 36 heavy (non-hydrogen) atoms. The molecule has 4 rings (SSSR count). The number of carbonyl (C=O) groups excluding carboxylic acids is 2. The Hall–Kier alpha value is -4.25. The number of hydrogen-bond acceptors (Lipinski definition) is 6. The van der Waals surface area contributed by atoms with Crippen molar-refractivity contribution in [2.24, 2.45) is 0 Å². The number of nitrogens with one attached hydrogen (secondary N) is 2. The first-order chi connectivity index (χ1) is 17.3. The summed E-state index contributed by atoms with van der Waals surface area (Å²) in [5, 5.41) is 5.23. The number of aromatic nitrogens is 2. The van der Waals surface area contributed by atoms with Crippen LogP contribution in [0.5, 0.6) is 5.75 Å². The van der Waals surface area contributed by atoms with Gasteiger partial charge in [-0.05, 0) is 42.8 Å². The van der Waals surface area contributed by atoms with Crippen molar-refractivity contribution in [2.45, 2.75) is 25.5 Å². The number of amides is 3. The first-order valence-electron chi connectivity index (χ1n) is 11.2. The number of carbonyl (C=O) groups is 2. The molecule has 10 nitrogen and oxygen atoms in total. The predicted molar refractivity (Wildman–Crippen MR) is 131 cm³/mol. The van der Waals surface area contributed by atoms with Crippen LogP contribution in [0.3, 0.4) is 0 Å². The Morgan fingerprint density at radius 1 is 1.14 bits per heavy atom. The van der Waals surface area contributed by atoms with Gasteiger partial charge in [-0.2, -0.15) is 0 Å². The maximum absolute atomic E-state index is 14.9. The number of halogens is 1. The molecule has 3 amide bonds. The van der Waals surface area contributed by atoms with E-state index in [1.807, 2.05) is 6.92 Å². The average molecular weight is 496 g/mol. The second kappa shape index (κ2) is 10.6. The van der Waals surface area contributed by atoms with Gasteiger partial charge in [0, 0.05) is 38.5 Å². The van der Waals surface area contributed by atoms with E-state index < -0.39 is 29.4 Å². The molecule has 1 aliphatic rings. The van der Waals surface area contributed by atoms with Crippen molar-refractivity contribution in [3.8, 4) is 11.4 Å². The normalized spacial score (nSPS) is 17.1.